The smallest absolute Gasteiger partial charge is 0.279 e. The average Bonchev–Trinajstić information content (AvgIpc) is 2.89. The predicted octanol–water partition coefficient (Wildman–Crippen LogP) is 3.01. The van der Waals surface area contributed by atoms with Gasteiger partial charge in [0.25, 0.3) is 5.91 Å². The number of rotatable bonds is 3. The second-order valence-corrected chi connectivity index (χ2v) is 6.17. The Labute approximate surface area is 142 Å². The Balaban J connectivity index is 1.81. The number of aliphatic imine (C=N–C) groups is 1. The first-order valence-corrected chi connectivity index (χ1v) is 8.21. The van der Waals surface area contributed by atoms with Crippen molar-refractivity contribution in [3.63, 3.8) is 0 Å². The van der Waals surface area contributed by atoms with Crippen LogP contribution in [-0.4, -0.2) is 32.6 Å². The Morgan fingerprint density at radius 3 is 2.74 bits per heavy atom. The number of amidine groups is 1. The number of halogens is 1. The highest BCUT2D eigenvalue weighted by atomic mass is 35.5. The summed E-state index contributed by atoms with van der Waals surface area (Å²) in [6, 6.07) is 12.0. The van der Waals surface area contributed by atoms with E-state index in [2.05, 4.69) is 9.98 Å². The zero-order chi connectivity index (χ0) is 16.2. The van der Waals surface area contributed by atoms with E-state index in [0.29, 0.717) is 22.3 Å². The summed E-state index contributed by atoms with van der Waals surface area (Å²) in [5.41, 5.74) is 1.18. The molecule has 0 bridgehead atoms. The Morgan fingerprint density at radius 2 is 2.04 bits per heavy atom. The minimum Gasteiger partial charge on any atom is -0.284 e. The van der Waals surface area contributed by atoms with Gasteiger partial charge in [-0.2, -0.15) is 4.99 Å². The van der Waals surface area contributed by atoms with E-state index in [1.807, 2.05) is 18.2 Å². The van der Waals surface area contributed by atoms with Crippen molar-refractivity contribution in [1.82, 2.24) is 9.88 Å². The number of thioether (sulfide) groups is 1. The van der Waals surface area contributed by atoms with Crippen LogP contribution in [0, 0.1) is 0 Å². The van der Waals surface area contributed by atoms with Gasteiger partial charge in [-0.15, -0.1) is 0 Å². The maximum atomic E-state index is 12.2. The van der Waals surface area contributed by atoms with E-state index < -0.39 is 5.91 Å². The molecule has 23 heavy (non-hydrogen) atoms. The third kappa shape index (κ3) is 3.78. The van der Waals surface area contributed by atoms with E-state index in [-0.39, 0.29) is 11.7 Å². The molecule has 2 aromatic rings. The maximum absolute atomic E-state index is 12.2. The molecule has 7 heteroatoms. The second-order valence-electron chi connectivity index (χ2n) is 4.80. The van der Waals surface area contributed by atoms with Crippen LogP contribution in [0.2, 0.25) is 5.02 Å². The van der Waals surface area contributed by atoms with E-state index >= 15 is 0 Å². The lowest BCUT2D eigenvalue weighted by atomic mass is 10.2. The van der Waals surface area contributed by atoms with Gasteiger partial charge in [0.15, 0.2) is 5.17 Å². The van der Waals surface area contributed by atoms with Gasteiger partial charge < -0.3 is 0 Å². The summed E-state index contributed by atoms with van der Waals surface area (Å²) >= 11 is 7.06. The van der Waals surface area contributed by atoms with E-state index in [1.54, 1.807) is 30.5 Å². The topological polar surface area (TPSA) is 62.6 Å². The second kappa shape index (κ2) is 6.93. The quantitative estimate of drug-likeness (QED) is 0.857. The number of benzene rings is 1. The number of carbonyl (C=O) groups is 2. The van der Waals surface area contributed by atoms with Gasteiger partial charge in [-0.25, -0.2) is 0 Å². The van der Waals surface area contributed by atoms with E-state index in [1.165, 1.54) is 16.7 Å². The third-order valence-electron chi connectivity index (χ3n) is 3.19. The van der Waals surface area contributed by atoms with Crippen molar-refractivity contribution < 1.29 is 9.59 Å². The molecule has 1 saturated heterocycles. The fourth-order valence-corrected chi connectivity index (χ4v) is 3.04. The van der Waals surface area contributed by atoms with Crippen LogP contribution >= 0.6 is 23.4 Å². The zero-order valence-electron chi connectivity index (χ0n) is 12.0. The molecule has 2 heterocycles. The van der Waals surface area contributed by atoms with Crippen molar-refractivity contribution in [2.75, 3.05) is 5.75 Å². The number of carbonyl (C=O) groups excluding carboxylic acids is 2. The normalized spacial score (nSPS) is 16.1. The summed E-state index contributed by atoms with van der Waals surface area (Å²) in [6.45, 7) is 0.305. The van der Waals surface area contributed by atoms with Crippen LogP contribution < -0.4 is 0 Å². The van der Waals surface area contributed by atoms with Gasteiger partial charge in [-0.3, -0.25) is 19.5 Å². The Bertz CT molecular complexity index is 763. The van der Waals surface area contributed by atoms with Gasteiger partial charge in [0, 0.05) is 16.8 Å². The van der Waals surface area contributed by atoms with Gasteiger partial charge in [0.2, 0.25) is 5.91 Å². The number of aromatic nitrogens is 1. The first kappa shape index (κ1) is 15.7. The molecule has 1 aliphatic heterocycles. The molecule has 2 amide bonds. The molecule has 0 saturated carbocycles. The van der Waals surface area contributed by atoms with E-state index in [4.69, 9.17) is 11.6 Å². The fourth-order valence-electron chi connectivity index (χ4n) is 2.03. The summed E-state index contributed by atoms with van der Waals surface area (Å²) in [7, 11) is 0. The van der Waals surface area contributed by atoms with Gasteiger partial charge in [-0.1, -0.05) is 29.4 Å². The molecule has 3 rings (SSSR count). The molecule has 1 aliphatic rings. The third-order valence-corrected chi connectivity index (χ3v) is 4.40. The van der Waals surface area contributed by atoms with Crippen molar-refractivity contribution in [2.24, 2.45) is 4.99 Å². The molecule has 0 aliphatic carbocycles. The number of pyridine rings is 1. The molecule has 0 spiro atoms. The highest BCUT2D eigenvalue weighted by Crippen LogP contribution is 2.22. The summed E-state index contributed by atoms with van der Waals surface area (Å²) < 4.78 is 0. The van der Waals surface area contributed by atoms with Crippen LogP contribution in [0.1, 0.15) is 16.1 Å². The van der Waals surface area contributed by atoms with Crippen molar-refractivity contribution in [1.29, 1.82) is 0 Å². The number of amides is 2. The monoisotopic (exact) mass is 345 g/mol. The van der Waals surface area contributed by atoms with Gasteiger partial charge in [0.1, 0.15) is 0 Å². The van der Waals surface area contributed by atoms with Gasteiger partial charge in [-0.05, 0) is 36.4 Å². The first-order chi connectivity index (χ1) is 11.1. The molecule has 1 aromatic carbocycles. The summed E-state index contributed by atoms with van der Waals surface area (Å²) in [5.74, 6) is -0.201. The van der Waals surface area contributed by atoms with Crippen molar-refractivity contribution in [3.05, 3.63) is 64.9 Å². The molecule has 1 aromatic heterocycles. The number of hydrogen-bond donors (Lipinski definition) is 0. The molecular weight excluding hydrogens is 334 g/mol. The molecule has 1 fully saturated rings. The lowest BCUT2D eigenvalue weighted by Crippen LogP contribution is -2.29. The molecule has 0 N–H and O–H groups in total. The summed E-state index contributed by atoms with van der Waals surface area (Å²) in [5, 5.41) is 0.956. The zero-order valence-corrected chi connectivity index (χ0v) is 13.5. The number of hydrogen-bond acceptors (Lipinski definition) is 4. The van der Waals surface area contributed by atoms with Crippen molar-refractivity contribution in [3.8, 4) is 0 Å². The lowest BCUT2D eigenvalue weighted by molar-refractivity contribution is -0.124. The van der Waals surface area contributed by atoms with Crippen LogP contribution in [0.15, 0.2) is 53.7 Å². The minimum atomic E-state index is -0.398. The highest BCUT2D eigenvalue weighted by Gasteiger charge is 2.29. The van der Waals surface area contributed by atoms with Crippen LogP contribution in [0.4, 0.5) is 0 Å². The van der Waals surface area contributed by atoms with Crippen LogP contribution in [-0.2, 0) is 11.3 Å². The molecule has 116 valence electrons. The molecular formula is C16H12ClN3O2S. The maximum Gasteiger partial charge on any atom is 0.279 e. The lowest BCUT2D eigenvalue weighted by Gasteiger charge is -2.15. The number of nitrogens with zero attached hydrogens (tertiary/aromatic N) is 3. The fraction of sp³-hybridized carbons (Fsp3) is 0.125. The van der Waals surface area contributed by atoms with Gasteiger partial charge in [0.05, 0.1) is 18.0 Å². The van der Waals surface area contributed by atoms with Crippen LogP contribution in [0.3, 0.4) is 0 Å². The Kier molecular flexibility index (Phi) is 4.73. The van der Waals surface area contributed by atoms with Crippen LogP contribution in [0.5, 0.6) is 0 Å². The van der Waals surface area contributed by atoms with E-state index in [9.17, 15) is 9.59 Å². The molecule has 0 atom stereocenters. The van der Waals surface area contributed by atoms with Crippen LogP contribution in [0.25, 0.3) is 0 Å². The SMILES string of the molecule is O=C(N=C1SCC(=O)N1Cc1ccccn1)c1ccc(Cl)cc1. The first-order valence-electron chi connectivity index (χ1n) is 6.85. The minimum absolute atomic E-state index is 0.0803. The Hall–Kier alpha value is -2.18. The standard InChI is InChI=1S/C16H12ClN3O2S/c17-12-6-4-11(5-7-12)15(22)19-16-20(14(21)10-23-16)9-13-3-1-2-8-18-13/h1-8H,9-10H2. The highest BCUT2D eigenvalue weighted by molar-refractivity contribution is 8.15. The largest absolute Gasteiger partial charge is 0.284 e. The summed E-state index contributed by atoms with van der Waals surface area (Å²) in [6.07, 6.45) is 1.67. The predicted molar refractivity (Wildman–Crippen MR) is 90.5 cm³/mol. The molecule has 0 unspecified atom stereocenters. The van der Waals surface area contributed by atoms with Crippen molar-refractivity contribution >= 4 is 40.3 Å². The average molecular weight is 346 g/mol. The van der Waals surface area contributed by atoms with Crippen molar-refractivity contribution in [2.45, 2.75) is 6.54 Å². The summed E-state index contributed by atoms with van der Waals surface area (Å²) in [4.78, 5) is 34.0. The van der Waals surface area contributed by atoms with Gasteiger partial charge >= 0.3 is 0 Å². The molecule has 0 radical (unpaired) electrons. The molecule has 5 nitrogen and oxygen atoms in total. The van der Waals surface area contributed by atoms with E-state index in [0.717, 1.165) is 5.69 Å². The Morgan fingerprint density at radius 1 is 1.26 bits per heavy atom.